The molecule has 3 saturated carbocycles. The molecule has 0 aromatic rings. The van der Waals surface area contributed by atoms with Crippen molar-refractivity contribution in [2.75, 3.05) is 13.2 Å². The van der Waals surface area contributed by atoms with E-state index in [2.05, 4.69) is 0 Å². The zero-order chi connectivity index (χ0) is 37.8. The van der Waals surface area contributed by atoms with Crippen LogP contribution in [0.4, 0.5) is 4.39 Å². The Bertz CT molecular complexity index is 1540. The van der Waals surface area contributed by atoms with Gasteiger partial charge in [-0.2, -0.15) is 0 Å². The normalized spacial score (nSPS) is 42.7. The van der Waals surface area contributed by atoms with Gasteiger partial charge in [-0.1, -0.05) is 25.5 Å². The van der Waals surface area contributed by atoms with E-state index in [4.69, 9.17) is 28.4 Å². The van der Waals surface area contributed by atoms with Gasteiger partial charge in [-0.05, 0) is 56.6 Å². The monoisotopic (exact) mass is 722 g/mol. The summed E-state index contributed by atoms with van der Waals surface area (Å²) in [4.78, 5) is 75.5. The molecule has 4 aliphatic carbocycles. The first-order valence-electron chi connectivity index (χ1n) is 17.2. The number of halogens is 1. The molecule has 0 aromatic heterocycles. The number of ketones is 2. The Hall–Kier alpha value is -3.53. The number of Topliss-reactive ketones (excluding diaryl/α,β-unsaturated/α-hetero) is 1. The molecule has 1 unspecified atom stereocenters. The van der Waals surface area contributed by atoms with Crippen molar-refractivity contribution in [3.8, 4) is 0 Å². The quantitative estimate of drug-likeness (QED) is 0.259. The van der Waals surface area contributed by atoms with Gasteiger partial charge >= 0.3 is 23.9 Å². The molecule has 5 aliphatic rings. The van der Waals surface area contributed by atoms with Gasteiger partial charge in [0.05, 0.1) is 6.10 Å². The van der Waals surface area contributed by atoms with Crippen LogP contribution in [-0.2, 0) is 57.2 Å². The van der Waals surface area contributed by atoms with E-state index >= 15 is 4.39 Å². The van der Waals surface area contributed by atoms with Crippen LogP contribution in [-0.4, -0.2) is 107 Å². The summed E-state index contributed by atoms with van der Waals surface area (Å²) in [5.41, 5.74) is -6.33. The summed E-state index contributed by atoms with van der Waals surface area (Å²) in [6.45, 7) is 7.84. The lowest BCUT2D eigenvalue weighted by Gasteiger charge is -2.63. The summed E-state index contributed by atoms with van der Waals surface area (Å²) >= 11 is 0. The van der Waals surface area contributed by atoms with Crippen molar-refractivity contribution < 1.29 is 71.8 Å². The molecule has 0 aromatic carbocycles. The predicted octanol–water partition coefficient (Wildman–Crippen LogP) is 2.00. The van der Waals surface area contributed by atoms with Crippen LogP contribution >= 0.6 is 0 Å². The second-order valence-electron chi connectivity index (χ2n) is 14.9. The largest absolute Gasteiger partial charge is 0.463 e. The molecule has 1 heterocycles. The third-order valence-electron chi connectivity index (χ3n) is 12.0. The second kappa shape index (κ2) is 13.8. The molecule has 51 heavy (non-hydrogen) atoms. The summed E-state index contributed by atoms with van der Waals surface area (Å²) in [6, 6.07) is 0. The van der Waals surface area contributed by atoms with Crippen LogP contribution in [0.2, 0.25) is 0 Å². The van der Waals surface area contributed by atoms with Crippen LogP contribution in [0.15, 0.2) is 23.8 Å². The van der Waals surface area contributed by atoms with E-state index < -0.39 is 120 Å². The number of alkyl halides is 1. The van der Waals surface area contributed by atoms with Gasteiger partial charge in [-0.15, -0.1) is 0 Å². The average molecular weight is 723 g/mol. The Morgan fingerprint density at radius 2 is 1.55 bits per heavy atom. The minimum atomic E-state index is -2.23. The molecule has 13 atom stereocenters. The van der Waals surface area contributed by atoms with Gasteiger partial charge < -0.3 is 38.6 Å². The number of aliphatic hydroxyl groups is 2. The van der Waals surface area contributed by atoms with E-state index in [0.29, 0.717) is 12.0 Å². The number of carbonyl (C=O) groups excluding carboxylic acids is 6. The predicted molar refractivity (Wildman–Crippen MR) is 171 cm³/mol. The van der Waals surface area contributed by atoms with Crippen LogP contribution in [0.1, 0.15) is 74.1 Å². The van der Waals surface area contributed by atoms with E-state index in [-0.39, 0.29) is 25.0 Å². The third-order valence-corrected chi connectivity index (χ3v) is 12.0. The van der Waals surface area contributed by atoms with E-state index in [1.54, 1.807) is 20.8 Å². The first kappa shape index (κ1) is 38.7. The minimum absolute atomic E-state index is 0.217. The van der Waals surface area contributed by atoms with Crippen LogP contribution in [0, 0.1) is 28.6 Å². The number of fused-ring (bicyclic) bond motifs is 5. The van der Waals surface area contributed by atoms with E-state index in [0.717, 1.165) is 27.7 Å². The van der Waals surface area contributed by atoms with Gasteiger partial charge in [-0.25, -0.2) is 4.39 Å². The molecule has 2 N–H and O–H groups in total. The molecule has 0 radical (unpaired) electrons. The SMILES string of the molecule is CC(=O)OC[C@H]1OC(O[C@]2(C(=O)CO)[C@H](C)C[C@H]3[C@@H]4CCC5=CC(=O)C=C[C@]5(C)[C@@]4(F)[C@@H](O)C[C@@]32C)[C@H](OC(C)=O)[C@@H](OC(C)=O)[C@H]1OC(C)=O. The molecule has 5 rings (SSSR count). The molecule has 15 heteroatoms. The fraction of sp³-hybridized carbons (Fsp3) is 0.722. The first-order valence-corrected chi connectivity index (χ1v) is 17.2. The molecule has 0 bridgehead atoms. The highest BCUT2D eigenvalue weighted by Gasteiger charge is 2.77. The van der Waals surface area contributed by atoms with Crippen molar-refractivity contribution in [1.82, 2.24) is 0 Å². The molecule has 0 spiro atoms. The van der Waals surface area contributed by atoms with E-state index in [9.17, 15) is 39.0 Å². The molecule has 14 nitrogen and oxygen atoms in total. The highest BCUT2D eigenvalue weighted by molar-refractivity contribution is 6.01. The summed E-state index contributed by atoms with van der Waals surface area (Å²) < 4.78 is 52.6. The number of aliphatic hydroxyl groups excluding tert-OH is 2. The maximum absolute atomic E-state index is 17.9. The Labute approximate surface area is 295 Å². The zero-order valence-corrected chi connectivity index (χ0v) is 29.8. The number of esters is 4. The molecular weight excluding hydrogens is 675 g/mol. The number of rotatable bonds is 9. The Balaban J connectivity index is 1.62. The highest BCUT2D eigenvalue weighted by Crippen LogP contribution is 2.71. The van der Waals surface area contributed by atoms with Crippen molar-refractivity contribution in [3.63, 3.8) is 0 Å². The number of carbonyl (C=O) groups is 6. The Morgan fingerprint density at radius 3 is 2.14 bits per heavy atom. The summed E-state index contributed by atoms with van der Waals surface area (Å²) in [6.07, 6.45) is -4.76. The third kappa shape index (κ3) is 6.13. The fourth-order valence-electron chi connectivity index (χ4n) is 10.0. The standard InChI is InChI=1S/C36H47FO14/c1-17-12-25-24-9-8-22-13-23(43)10-11-33(22,6)35(24,37)27(44)14-34(25,7)36(17,28(45)15-38)51-32-31(49-21(5)42)30(48-20(4)41)29(47-19(3)40)26(50-32)16-46-18(2)39/h10-11,13,17,24-27,29-32,38,44H,8-9,12,14-16H2,1-7H3/t17-,24+,25+,26-,27+,29+,30+,31-,32?,33+,34+,35+,36+/m1/s1. The van der Waals surface area contributed by atoms with Crippen LogP contribution in [0.5, 0.6) is 0 Å². The number of hydrogen-bond acceptors (Lipinski definition) is 14. The maximum atomic E-state index is 17.9. The van der Waals surface area contributed by atoms with Gasteiger partial charge in [0.1, 0.15) is 24.9 Å². The Morgan fingerprint density at radius 1 is 0.941 bits per heavy atom. The summed E-state index contributed by atoms with van der Waals surface area (Å²) in [5, 5.41) is 22.4. The topological polar surface area (TPSA) is 198 Å². The van der Waals surface area contributed by atoms with Crippen molar-refractivity contribution in [2.24, 2.45) is 28.6 Å². The van der Waals surface area contributed by atoms with Crippen LogP contribution < -0.4 is 0 Å². The highest BCUT2D eigenvalue weighted by atomic mass is 19.1. The summed E-state index contributed by atoms with van der Waals surface area (Å²) in [7, 11) is 0. The molecular formula is C36H47FO14. The lowest BCUT2D eigenvalue weighted by Crippen LogP contribution is -2.71. The maximum Gasteiger partial charge on any atom is 0.303 e. The molecule has 282 valence electrons. The summed E-state index contributed by atoms with van der Waals surface area (Å²) in [5.74, 6) is -6.54. The first-order chi connectivity index (χ1) is 23.8. The number of ether oxygens (including phenoxy) is 6. The van der Waals surface area contributed by atoms with Gasteiger partial charge in [-0.3, -0.25) is 28.8 Å². The molecule has 0 amide bonds. The number of allylic oxidation sites excluding steroid dienone is 4. The molecule has 4 fully saturated rings. The molecule has 1 saturated heterocycles. The number of hydrogen-bond donors (Lipinski definition) is 2. The zero-order valence-electron chi connectivity index (χ0n) is 29.8. The smallest absolute Gasteiger partial charge is 0.303 e. The van der Waals surface area contributed by atoms with Gasteiger partial charge in [0.25, 0.3) is 0 Å². The van der Waals surface area contributed by atoms with Crippen LogP contribution in [0.25, 0.3) is 0 Å². The average Bonchev–Trinajstić information content (AvgIpc) is 3.25. The Kier molecular flexibility index (Phi) is 10.5. The van der Waals surface area contributed by atoms with Gasteiger partial charge in [0.15, 0.2) is 41.8 Å². The van der Waals surface area contributed by atoms with Crippen molar-refractivity contribution >= 4 is 35.4 Å². The van der Waals surface area contributed by atoms with E-state index in [1.807, 2.05) is 0 Å². The van der Waals surface area contributed by atoms with Crippen molar-refractivity contribution in [1.29, 1.82) is 0 Å². The van der Waals surface area contributed by atoms with Crippen molar-refractivity contribution in [3.05, 3.63) is 23.8 Å². The lowest BCUT2D eigenvalue weighted by molar-refractivity contribution is -0.344. The fourth-order valence-corrected chi connectivity index (χ4v) is 10.0. The molecule has 1 aliphatic heterocycles. The van der Waals surface area contributed by atoms with Gasteiger partial charge in [0, 0.05) is 44.4 Å². The van der Waals surface area contributed by atoms with Gasteiger partial charge in [0.2, 0.25) is 0 Å². The minimum Gasteiger partial charge on any atom is -0.463 e. The van der Waals surface area contributed by atoms with Crippen LogP contribution in [0.3, 0.4) is 0 Å². The van der Waals surface area contributed by atoms with Crippen molar-refractivity contribution in [2.45, 2.75) is 122 Å². The van der Waals surface area contributed by atoms with E-state index in [1.165, 1.54) is 18.2 Å². The second-order valence-corrected chi connectivity index (χ2v) is 14.9. The lowest BCUT2D eigenvalue weighted by atomic mass is 9.44.